The summed E-state index contributed by atoms with van der Waals surface area (Å²) >= 11 is 0. The Bertz CT molecular complexity index is 554. The molecule has 5 heteroatoms. The lowest BCUT2D eigenvalue weighted by Crippen LogP contribution is -2.28. The molecule has 1 heterocycles. The van der Waals surface area contributed by atoms with Crippen LogP contribution in [0.1, 0.15) is 28.9 Å². The van der Waals surface area contributed by atoms with Gasteiger partial charge in [0, 0.05) is 13.6 Å². The third-order valence-corrected chi connectivity index (χ3v) is 3.08. The van der Waals surface area contributed by atoms with E-state index in [1.807, 2.05) is 18.2 Å². The molecule has 0 aliphatic heterocycles. The molecule has 2 N–H and O–H groups in total. The van der Waals surface area contributed by atoms with E-state index in [1.54, 1.807) is 7.05 Å². The summed E-state index contributed by atoms with van der Waals surface area (Å²) in [5, 5.41) is 5.73. The molecule has 20 heavy (non-hydrogen) atoms. The lowest BCUT2D eigenvalue weighted by atomic mass is 10.0. The fourth-order valence-corrected chi connectivity index (χ4v) is 1.81. The Balaban J connectivity index is 1.91. The number of carbonyl (C=O) groups excluding carboxylic acids is 1. The number of rotatable bonds is 5. The van der Waals surface area contributed by atoms with Gasteiger partial charge < -0.3 is 10.6 Å². The van der Waals surface area contributed by atoms with Gasteiger partial charge in [-0.25, -0.2) is 9.97 Å². The number of hydrogen-bond donors (Lipinski definition) is 2. The number of nitrogens with one attached hydrogen (secondary N) is 2. The number of amides is 1. The largest absolute Gasteiger partial charge is 0.372 e. The molecule has 2 rings (SSSR count). The quantitative estimate of drug-likeness (QED) is 0.872. The molecule has 1 aromatic heterocycles. The van der Waals surface area contributed by atoms with Crippen molar-refractivity contribution < 1.29 is 4.79 Å². The van der Waals surface area contributed by atoms with Crippen LogP contribution in [0, 0.1) is 0 Å². The van der Waals surface area contributed by atoms with Gasteiger partial charge in [0.05, 0.1) is 12.4 Å². The molecule has 1 amide bonds. The summed E-state index contributed by atoms with van der Waals surface area (Å²) in [4.78, 5) is 20.1. The Morgan fingerprint density at radius 2 is 1.95 bits per heavy atom. The normalized spacial score (nSPS) is 11.7. The van der Waals surface area contributed by atoms with Crippen LogP contribution in [0.25, 0.3) is 0 Å². The molecule has 5 nitrogen and oxygen atoms in total. The highest BCUT2D eigenvalue weighted by atomic mass is 16.1. The molecule has 1 atom stereocenters. The predicted molar refractivity (Wildman–Crippen MR) is 78.8 cm³/mol. The average Bonchev–Trinajstić information content (AvgIpc) is 2.53. The number of carbonyl (C=O) groups is 1. The molecular formula is C15H18N4O. The van der Waals surface area contributed by atoms with E-state index in [-0.39, 0.29) is 11.8 Å². The third kappa shape index (κ3) is 3.54. The van der Waals surface area contributed by atoms with Crippen molar-refractivity contribution >= 4 is 11.7 Å². The Kier molecular flexibility index (Phi) is 4.65. The molecule has 0 saturated carbocycles. The van der Waals surface area contributed by atoms with Crippen LogP contribution >= 0.6 is 0 Å². The maximum absolute atomic E-state index is 11.9. The number of aromatic nitrogens is 2. The minimum Gasteiger partial charge on any atom is -0.372 e. The summed E-state index contributed by atoms with van der Waals surface area (Å²) in [6.45, 7) is 2.64. The average molecular weight is 270 g/mol. The van der Waals surface area contributed by atoms with Crippen LogP contribution in [-0.2, 0) is 0 Å². The maximum atomic E-state index is 11.9. The Morgan fingerprint density at radius 3 is 2.55 bits per heavy atom. The van der Waals surface area contributed by atoms with Crippen molar-refractivity contribution in [1.82, 2.24) is 15.3 Å². The number of anilines is 1. The predicted octanol–water partition coefficient (Wildman–Crippen LogP) is 2.05. The van der Waals surface area contributed by atoms with E-state index in [1.165, 1.54) is 18.0 Å². The summed E-state index contributed by atoms with van der Waals surface area (Å²) in [5.41, 5.74) is 1.52. The molecule has 0 radical (unpaired) electrons. The SMILES string of the molecule is CNc1cnc(C(=O)NCC(C)c2ccccc2)cn1. The van der Waals surface area contributed by atoms with Gasteiger partial charge in [0.1, 0.15) is 11.5 Å². The van der Waals surface area contributed by atoms with Gasteiger partial charge in [-0.05, 0) is 11.5 Å². The van der Waals surface area contributed by atoms with Gasteiger partial charge in [0.25, 0.3) is 5.91 Å². The maximum Gasteiger partial charge on any atom is 0.271 e. The zero-order valence-electron chi connectivity index (χ0n) is 11.6. The highest BCUT2D eigenvalue weighted by molar-refractivity contribution is 5.92. The zero-order valence-corrected chi connectivity index (χ0v) is 11.6. The minimum absolute atomic E-state index is 0.206. The second kappa shape index (κ2) is 6.65. The molecule has 1 aromatic carbocycles. The first kappa shape index (κ1) is 14.0. The summed E-state index contributed by atoms with van der Waals surface area (Å²) in [6.07, 6.45) is 3.00. The van der Waals surface area contributed by atoms with Crippen molar-refractivity contribution in [2.45, 2.75) is 12.8 Å². The van der Waals surface area contributed by atoms with Crippen LogP contribution in [-0.4, -0.2) is 29.5 Å². The fourth-order valence-electron chi connectivity index (χ4n) is 1.81. The molecule has 0 bridgehead atoms. The lowest BCUT2D eigenvalue weighted by molar-refractivity contribution is 0.0946. The van der Waals surface area contributed by atoms with Gasteiger partial charge in [-0.1, -0.05) is 37.3 Å². The summed E-state index contributed by atoms with van der Waals surface area (Å²) < 4.78 is 0. The molecule has 1 unspecified atom stereocenters. The summed E-state index contributed by atoms with van der Waals surface area (Å²) in [6, 6.07) is 10.1. The molecule has 0 fully saturated rings. The Morgan fingerprint density at radius 1 is 1.20 bits per heavy atom. The van der Waals surface area contributed by atoms with Gasteiger partial charge in [0.15, 0.2) is 0 Å². The van der Waals surface area contributed by atoms with E-state index < -0.39 is 0 Å². The first-order chi connectivity index (χ1) is 9.70. The molecule has 0 aliphatic carbocycles. The van der Waals surface area contributed by atoms with Gasteiger partial charge in [0.2, 0.25) is 0 Å². The van der Waals surface area contributed by atoms with Gasteiger partial charge >= 0.3 is 0 Å². The molecule has 0 aliphatic rings. The van der Waals surface area contributed by atoms with Crippen LogP contribution in [0.15, 0.2) is 42.7 Å². The van der Waals surface area contributed by atoms with Crippen LogP contribution in [0.4, 0.5) is 5.82 Å². The number of benzene rings is 1. The second-order valence-electron chi connectivity index (χ2n) is 4.56. The van der Waals surface area contributed by atoms with Crippen molar-refractivity contribution in [1.29, 1.82) is 0 Å². The number of hydrogen-bond acceptors (Lipinski definition) is 4. The highest BCUT2D eigenvalue weighted by Crippen LogP contribution is 2.13. The first-order valence-corrected chi connectivity index (χ1v) is 6.53. The third-order valence-electron chi connectivity index (χ3n) is 3.08. The second-order valence-corrected chi connectivity index (χ2v) is 4.56. The molecule has 0 spiro atoms. The van der Waals surface area contributed by atoms with Crippen molar-refractivity contribution in [2.24, 2.45) is 0 Å². The van der Waals surface area contributed by atoms with Crippen molar-refractivity contribution in [2.75, 3.05) is 18.9 Å². The lowest BCUT2D eigenvalue weighted by Gasteiger charge is -2.12. The summed E-state index contributed by atoms with van der Waals surface area (Å²) in [5.74, 6) is 0.687. The van der Waals surface area contributed by atoms with E-state index in [4.69, 9.17) is 0 Å². The van der Waals surface area contributed by atoms with E-state index >= 15 is 0 Å². The van der Waals surface area contributed by atoms with Gasteiger partial charge in [-0.3, -0.25) is 4.79 Å². The van der Waals surface area contributed by atoms with Crippen molar-refractivity contribution in [3.05, 3.63) is 54.0 Å². The van der Waals surface area contributed by atoms with Crippen LogP contribution in [0.3, 0.4) is 0 Å². The topological polar surface area (TPSA) is 66.9 Å². The molecule has 2 aromatic rings. The van der Waals surface area contributed by atoms with E-state index in [0.717, 1.165) is 0 Å². The fraction of sp³-hybridized carbons (Fsp3) is 0.267. The number of nitrogens with zero attached hydrogens (tertiary/aromatic N) is 2. The Hall–Kier alpha value is -2.43. The Labute approximate surface area is 118 Å². The van der Waals surface area contributed by atoms with Gasteiger partial charge in [-0.15, -0.1) is 0 Å². The first-order valence-electron chi connectivity index (χ1n) is 6.53. The van der Waals surface area contributed by atoms with Crippen molar-refractivity contribution in [3.8, 4) is 0 Å². The van der Waals surface area contributed by atoms with Gasteiger partial charge in [-0.2, -0.15) is 0 Å². The monoisotopic (exact) mass is 270 g/mol. The summed E-state index contributed by atoms with van der Waals surface area (Å²) in [7, 11) is 1.76. The smallest absolute Gasteiger partial charge is 0.271 e. The molecule has 104 valence electrons. The van der Waals surface area contributed by atoms with E-state index in [2.05, 4.69) is 39.7 Å². The van der Waals surface area contributed by atoms with E-state index in [9.17, 15) is 4.79 Å². The molecular weight excluding hydrogens is 252 g/mol. The van der Waals surface area contributed by atoms with E-state index in [0.29, 0.717) is 18.1 Å². The molecule has 0 saturated heterocycles. The minimum atomic E-state index is -0.206. The van der Waals surface area contributed by atoms with Crippen LogP contribution in [0.2, 0.25) is 0 Å². The standard InChI is InChI=1S/C15H18N4O/c1-11(12-6-4-3-5-7-12)8-19-15(20)13-9-18-14(16-2)10-17-13/h3-7,9-11H,8H2,1-2H3,(H,16,18)(H,19,20). The zero-order chi connectivity index (χ0) is 14.4. The van der Waals surface area contributed by atoms with Crippen molar-refractivity contribution in [3.63, 3.8) is 0 Å². The highest BCUT2D eigenvalue weighted by Gasteiger charge is 2.10. The van der Waals surface area contributed by atoms with Crippen LogP contribution in [0.5, 0.6) is 0 Å². The van der Waals surface area contributed by atoms with Crippen LogP contribution < -0.4 is 10.6 Å².